The maximum atomic E-state index is 10.7. The van der Waals surface area contributed by atoms with Gasteiger partial charge in [0.2, 0.25) is 0 Å². The van der Waals surface area contributed by atoms with Crippen molar-refractivity contribution in [3.63, 3.8) is 0 Å². The van der Waals surface area contributed by atoms with E-state index in [9.17, 15) is 5.11 Å². The normalized spacial score (nSPS) is 40.2. The molecule has 26 heavy (non-hydrogen) atoms. The number of phenols is 1. The summed E-state index contributed by atoms with van der Waals surface area (Å²) in [4.78, 5) is 2.81. The van der Waals surface area contributed by atoms with Crippen molar-refractivity contribution in [1.29, 1.82) is 0 Å². The zero-order valence-corrected chi connectivity index (χ0v) is 15.7. The van der Waals surface area contributed by atoms with E-state index in [1.165, 1.54) is 49.0 Å². The maximum absolute atomic E-state index is 10.7. The van der Waals surface area contributed by atoms with Crippen LogP contribution in [0.25, 0.3) is 0 Å². The summed E-state index contributed by atoms with van der Waals surface area (Å²) in [5, 5.41) is 10.7. The van der Waals surface area contributed by atoms with Crippen LogP contribution in [-0.4, -0.2) is 41.3 Å². The highest BCUT2D eigenvalue weighted by atomic mass is 16.5. The lowest BCUT2D eigenvalue weighted by Crippen LogP contribution is -2.68. The highest BCUT2D eigenvalue weighted by Crippen LogP contribution is 2.64. The van der Waals surface area contributed by atoms with Gasteiger partial charge in [-0.25, -0.2) is 0 Å². The Morgan fingerprint density at radius 1 is 1.31 bits per heavy atom. The number of aryl methyl sites for hydroxylation is 1. The predicted octanol–water partition coefficient (Wildman–Crippen LogP) is 2.73. The Bertz CT molecular complexity index is 774. The van der Waals surface area contributed by atoms with Crippen molar-refractivity contribution >= 4 is 0 Å². The minimum Gasteiger partial charge on any atom is -0.504 e. The first-order valence-electron chi connectivity index (χ1n) is 10.7. The van der Waals surface area contributed by atoms with E-state index in [0.29, 0.717) is 17.7 Å². The smallest absolute Gasteiger partial charge is 0.165 e. The van der Waals surface area contributed by atoms with E-state index in [-0.39, 0.29) is 17.6 Å². The van der Waals surface area contributed by atoms with Gasteiger partial charge in [0.1, 0.15) is 6.10 Å². The third-order valence-electron chi connectivity index (χ3n) is 8.27. The SMILES string of the molecule is CCc1cc(O)c2c3c1C[C@@H]1[C@@H]4CC[C@H](N)[C@H](O2)[C@]34CCN1CC1CC1. The summed E-state index contributed by atoms with van der Waals surface area (Å²) in [6, 6.07) is 2.69. The first kappa shape index (κ1) is 15.8. The number of piperidine rings is 1. The van der Waals surface area contributed by atoms with Gasteiger partial charge in [-0.2, -0.15) is 0 Å². The molecule has 2 bridgehead atoms. The minimum atomic E-state index is 0.0496. The molecule has 5 atom stereocenters. The van der Waals surface area contributed by atoms with Crippen LogP contribution >= 0.6 is 0 Å². The van der Waals surface area contributed by atoms with E-state index in [1.807, 2.05) is 6.07 Å². The van der Waals surface area contributed by atoms with E-state index >= 15 is 0 Å². The zero-order chi connectivity index (χ0) is 17.6. The lowest BCUT2D eigenvalue weighted by Gasteiger charge is -2.59. The molecule has 4 nitrogen and oxygen atoms in total. The molecular weight excluding hydrogens is 324 g/mol. The monoisotopic (exact) mass is 354 g/mol. The average molecular weight is 354 g/mol. The van der Waals surface area contributed by atoms with Crippen molar-refractivity contribution in [2.24, 2.45) is 17.6 Å². The number of benzene rings is 1. The van der Waals surface area contributed by atoms with Gasteiger partial charge in [-0.1, -0.05) is 6.92 Å². The van der Waals surface area contributed by atoms with Crippen LogP contribution in [0.1, 0.15) is 55.7 Å². The summed E-state index contributed by atoms with van der Waals surface area (Å²) in [7, 11) is 0. The maximum Gasteiger partial charge on any atom is 0.165 e. The molecule has 0 radical (unpaired) electrons. The molecule has 4 heteroatoms. The van der Waals surface area contributed by atoms with Gasteiger partial charge >= 0.3 is 0 Å². The van der Waals surface area contributed by atoms with Gasteiger partial charge in [0.15, 0.2) is 11.5 Å². The van der Waals surface area contributed by atoms with Crippen LogP contribution in [-0.2, 0) is 18.3 Å². The Morgan fingerprint density at radius 2 is 2.15 bits per heavy atom. The van der Waals surface area contributed by atoms with Crippen molar-refractivity contribution in [2.75, 3.05) is 13.1 Å². The van der Waals surface area contributed by atoms with E-state index in [4.69, 9.17) is 10.5 Å². The molecular formula is C22H30N2O2. The fraction of sp³-hybridized carbons (Fsp3) is 0.727. The number of nitrogens with zero attached hydrogens (tertiary/aromatic N) is 1. The lowest BCUT2D eigenvalue weighted by atomic mass is 9.50. The summed E-state index contributed by atoms with van der Waals surface area (Å²) in [5.41, 5.74) is 10.8. The Hall–Kier alpha value is -1.26. The van der Waals surface area contributed by atoms with Crippen molar-refractivity contribution in [3.8, 4) is 11.5 Å². The topological polar surface area (TPSA) is 58.7 Å². The van der Waals surface area contributed by atoms with Gasteiger partial charge < -0.3 is 15.6 Å². The number of likely N-dealkylation sites (tertiary alicyclic amines) is 1. The predicted molar refractivity (Wildman–Crippen MR) is 101 cm³/mol. The number of hydrogen-bond donors (Lipinski definition) is 2. The molecule has 0 aromatic heterocycles. The zero-order valence-electron chi connectivity index (χ0n) is 15.7. The highest BCUT2D eigenvalue weighted by Gasteiger charge is 2.65. The van der Waals surface area contributed by atoms with Gasteiger partial charge in [0, 0.05) is 29.6 Å². The fourth-order valence-electron chi connectivity index (χ4n) is 7.00. The summed E-state index contributed by atoms with van der Waals surface area (Å²) in [5.74, 6) is 2.70. The molecule has 2 heterocycles. The highest BCUT2D eigenvalue weighted by molar-refractivity contribution is 5.63. The average Bonchev–Trinajstić information content (AvgIpc) is 3.38. The molecule has 5 aliphatic rings. The largest absolute Gasteiger partial charge is 0.504 e. The molecule has 0 unspecified atom stereocenters. The molecule has 140 valence electrons. The Balaban J connectivity index is 1.55. The molecule has 3 N–H and O–H groups in total. The van der Waals surface area contributed by atoms with E-state index in [1.54, 1.807) is 0 Å². The van der Waals surface area contributed by atoms with Gasteiger partial charge in [-0.05, 0) is 80.5 Å². The van der Waals surface area contributed by atoms with Crippen LogP contribution < -0.4 is 10.5 Å². The molecule has 2 saturated carbocycles. The van der Waals surface area contributed by atoms with Crippen molar-refractivity contribution in [2.45, 2.75) is 75.5 Å². The third kappa shape index (κ3) is 1.83. The quantitative estimate of drug-likeness (QED) is 0.876. The van der Waals surface area contributed by atoms with Gasteiger partial charge in [0.25, 0.3) is 0 Å². The van der Waals surface area contributed by atoms with E-state index in [0.717, 1.165) is 37.4 Å². The summed E-state index contributed by atoms with van der Waals surface area (Å²) >= 11 is 0. The lowest BCUT2D eigenvalue weighted by molar-refractivity contribution is -0.0606. The fourth-order valence-corrected chi connectivity index (χ4v) is 7.00. The van der Waals surface area contributed by atoms with Crippen LogP contribution in [0.3, 0.4) is 0 Å². The minimum absolute atomic E-state index is 0.0496. The third-order valence-corrected chi connectivity index (χ3v) is 8.27. The van der Waals surface area contributed by atoms with Crippen molar-refractivity contribution < 1.29 is 9.84 Å². The molecule has 1 saturated heterocycles. The second kappa shape index (κ2) is 5.17. The number of hydrogen-bond acceptors (Lipinski definition) is 4. The first-order chi connectivity index (χ1) is 12.6. The second-order valence-electron chi connectivity index (χ2n) is 9.48. The molecule has 1 aromatic rings. The van der Waals surface area contributed by atoms with Crippen LogP contribution in [0.2, 0.25) is 0 Å². The summed E-state index contributed by atoms with van der Waals surface area (Å²) in [6.07, 6.45) is 8.41. The number of nitrogens with two attached hydrogens (primary N) is 1. The van der Waals surface area contributed by atoms with Crippen LogP contribution in [0, 0.1) is 11.8 Å². The molecule has 3 aliphatic carbocycles. The number of ether oxygens (including phenoxy) is 1. The number of rotatable bonds is 3. The molecule has 3 fully saturated rings. The second-order valence-corrected chi connectivity index (χ2v) is 9.48. The molecule has 2 aliphatic heterocycles. The molecule has 0 amide bonds. The van der Waals surface area contributed by atoms with Crippen molar-refractivity contribution in [1.82, 2.24) is 4.90 Å². The van der Waals surface area contributed by atoms with Crippen LogP contribution in [0.5, 0.6) is 11.5 Å². The Morgan fingerprint density at radius 3 is 2.92 bits per heavy atom. The molecule has 1 spiro atoms. The van der Waals surface area contributed by atoms with Gasteiger partial charge in [-0.3, -0.25) is 4.90 Å². The molecule has 1 aromatic carbocycles. The standard InChI is InChI=1S/C22H30N2O2/c1-2-13-9-18(25)20-19-14(13)10-17-15-5-6-16(23)21(26-20)22(15,19)7-8-24(17)11-12-3-4-12/h9,12,15-17,21,25H,2-8,10-11,23H2,1H3/t15-,16-,17+,21-,22-/m0/s1. The Kier molecular flexibility index (Phi) is 3.13. The van der Waals surface area contributed by atoms with Gasteiger partial charge in [-0.15, -0.1) is 0 Å². The number of aromatic hydroxyl groups is 1. The summed E-state index contributed by atoms with van der Waals surface area (Å²) < 4.78 is 6.46. The van der Waals surface area contributed by atoms with Gasteiger partial charge in [0.05, 0.1) is 0 Å². The van der Waals surface area contributed by atoms with Crippen molar-refractivity contribution in [3.05, 3.63) is 22.8 Å². The van der Waals surface area contributed by atoms with E-state index < -0.39 is 0 Å². The Labute approximate surface area is 155 Å². The van der Waals surface area contributed by atoms with E-state index in [2.05, 4.69) is 11.8 Å². The summed E-state index contributed by atoms with van der Waals surface area (Å²) in [6.45, 7) is 4.66. The number of phenolic OH excluding ortho intramolecular Hbond substituents is 1. The van der Waals surface area contributed by atoms with Crippen LogP contribution in [0.4, 0.5) is 0 Å². The van der Waals surface area contributed by atoms with Crippen LogP contribution in [0.15, 0.2) is 6.07 Å². The first-order valence-corrected chi connectivity index (χ1v) is 10.7. The molecule has 6 rings (SSSR count).